The van der Waals surface area contributed by atoms with Crippen LogP contribution >= 0.6 is 0 Å². The summed E-state index contributed by atoms with van der Waals surface area (Å²) in [7, 11) is 0.578. The first kappa shape index (κ1) is 24.3. The predicted octanol–water partition coefficient (Wildman–Crippen LogP) is 1.42. The maximum Gasteiger partial charge on any atom is 0.310 e. The van der Waals surface area contributed by atoms with Crippen molar-refractivity contribution in [2.75, 3.05) is 32.8 Å². The van der Waals surface area contributed by atoms with Crippen LogP contribution in [0.4, 0.5) is 5.69 Å². The molecule has 1 aliphatic heterocycles. The van der Waals surface area contributed by atoms with Crippen molar-refractivity contribution in [1.82, 2.24) is 0 Å². The molecular formula is C22H26N2O8S. The van der Waals surface area contributed by atoms with Crippen molar-refractivity contribution < 1.29 is 37.0 Å². The first-order chi connectivity index (χ1) is 15.6. The lowest BCUT2D eigenvalue weighted by Crippen LogP contribution is -2.38. The van der Waals surface area contributed by atoms with Crippen molar-refractivity contribution in [1.29, 1.82) is 0 Å². The summed E-state index contributed by atoms with van der Waals surface area (Å²) in [5, 5.41) is 5.19. The monoisotopic (exact) mass is 478 g/mol. The van der Waals surface area contributed by atoms with E-state index < -0.39 is 28.5 Å². The first-order valence-electron chi connectivity index (χ1n) is 10.0. The molecule has 0 saturated heterocycles. The molecule has 0 bridgehead atoms. The Bertz CT molecular complexity index is 1150. The molecule has 2 aromatic carbocycles. The van der Waals surface area contributed by atoms with Crippen molar-refractivity contribution in [3.8, 4) is 17.2 Å². The Hall–Kier alpha value is -3.31. The summed E-state index contributed by atoms with van der Waals surface area (Å²) in [4.78, 5) is 26.7. The fourth-order valence-corrected chi connectivity index (χ4v) is 4.40. The minimum absolute atomic E-state index is 0.0143. The number of nitrogens with two attached hydrogens (primary N) is 1. The highest BCUT2D eigenvalue weighted by molar-refractivity contribution is 7.89. The van der Waals surface area contributed by atoms with Crippen LogP contribution in [0.2, 0.25) is 0 Å². The normalized spacial score (nSPS) is 15.1. The highest BCUT2D eigenvalue weighted by atomic mass is 32.2. The van der Waals surface area contributed by atoms with Gasteiger partial charge in [-0.1, -0.05) is 0 Å². The second kappa shape index (κ2) is 9.67. The summed E-state index contributed by atoms with van der Waals surface area (Å²) < 4.78 is 44.2. The molecule has 33 heavy (non-hydrogen) atoms. The summed E-state index contributed by atoms with van der Waals surface area (Å²) >= 11 is 0. The largest absolute Gasteiger partial charge is 0.493 e. The van der Waals surface area contributed by atoms with Gasteiger partial charge in [-0.05, 0) is 54.8 Å². The van der Waals surface area contributed by atoms with Gasteiger partial charge < -0.3 is 23.8 Å². The summed E-state index contributed by atoms with van der Waals surface area (Å²) in [6.45, 7) is 1.37. The third-order valence-electron chi connectivity index (χ3n) is 5.29. The lowest BCUT2D eigenvalue weighted by Gasteiger charge is -2.22. The molecule has 3 rings (SSSR count). The van der Waals surface area contributed by atoms with E-state index in [1.165, 1.54) is 44.4 Å². The van der Waals surface area contributed by atoms with Crippen LogP contribution in [-0.4, -0.2) is 54.3 Å². The molecule has 1 heterocycles. The molecule has 178 valence electrons. The van der Waals surface area contributed by atoms with Gasteiger partial charge in [-0.3, -0.25) is 9.59 Å². The standard InChI is InChI=1S/C22H26N2O8S/c1-13-7-15-11-16(33(23,27)28)5-6-17(15)24(13)20(25)12-32-21(26)10-14-8-18(29-2)22(31-4)19(9-14)30-3/h5-6,8-9,11,13H,7,10,12H2,1-4H3,(H2,23,27,28)/t13-/m1/s1. The molecule has 0 saturated carbocycles. The maximum absolute atomic E-state index is 12.8. The van der Waals surface area contributed by atoms with Crippen LogP contribution in [0.1, 0.15) is 18.1 Å². The van der Waals surface area contributed by atoms with Crippen molar-refractivity contribution in [3.05, 3.63) is 41.5 Å². The molecule has 10 nitrogen and oxygen atoms in total. The van der Waals surface area contributed by atoms with E-state index in [-0.39, 0.29) is 17.4 Å². The Kier molecular flexibility index (Phi) is 7.13. The van der Waals surface area contributed by atoms with Crippen LogP contribution in [-0.2, 0) is 37.2 Å². The fraction of sp³-hybridized carbons (Fsp3) is 0.364. The molecular weight excluding hydrogens is 452 g/mol. The van der Waals surface area contributed by atoms with E-state index in [4.69, 9.17) is 24.1 Å². The SMILES string of the molecule is COc1cc(CC(=O)OCC(=O)N2c3ccc(S(N)(=O)=O)cc3C[C@H]2C)cc(OC)c1OC. The fourth-order valence-electron chi connectivity index (χ4n) is 3.83. The number of hydrogen-bond donors (Lipinski definition) is 1. The second-order valence-electron chi connectivity index (χ2n) is 7.52. The molecule has 0 radical (unpaired) electrons. The molecule has 2 N–H and O–H groups in total. The predicted molar refractivity (Wildman–Crippen MR) is 119 cm³/mol. The third kappa shape index (κ3) is 5.20. The zero-order chi connectivity index (χ0) is 24.3. The van der Waals surface area contributed by atoms with E-state index >= 15 is 0 Å². The number of anilines is 1. The Morgan fingerprint density at radius 3 is 2.24 bits per heavy atom. The summed E-state index contributed by atoms with van der Waals surface area (Å²) in [5.41, 5.74) is 1.82. The Morgan fingerprint density at radius 2 is 1.70 bits per heavy atom. The lowest BCUT2D eigenvalue weighted by atomic mass is 10.1. The number of benzene rings is 2. The van der Waals surface area contributed by atoms with Crippen molar-refractivity contribution in [2.24, 2.45) is 5.14 Å². The summed E-state index contributed by atoms with van der Waals surface area (Å²) in [6, 6.07) is 7.39. The topological polar surface area (TPSA) is 134 Å². The zero-order valence-corrected chi connectivity index (χ0v) is 19.6. The number of ether oxygens (including phenoxy) is 4. The van der Waals surface area contributed by atoms with Crippen molar-refractivity contribution >= 4 is 27.6 Å². The van der Waals surface area contributed by atoms with Gasteiger partial charge in [-0.15, -0.1) is 0 Å². The molecule has 1 amide bonds. The highest BCUT2D eigenvalue weighted by Crippen LogP contribution is 2.38. The molecule has 0 unspecified atom stereocenters. The van der Waals surface area contributed by atoms with Crippen LogP contribution in [0.15, 0.2) is 35.2 Å². The van der Waals surface area contributed by atoms with Gasteiger partial charge in [0.2, 0.25) is 15.8 Å². The summed E-state index contributed by atoms with van der Waals surface area (Å²) in [5.74, 6) is 0.186. The quantitative estimate of drug-likeness (QED) is 0.563. The van der Waals surface area contributed by atoms with Gasteiger partial charge in [-0.2, -0.15) is 0 Å². The Morgan fingerprint density at radius 1 is 1.06 bits per heavy atom. The van der Waals surface area contributed by atoms with E-state index in [0.717, 1.165) is 0 Å². The first-order valence-corrected chi connectivity index (χ1v) is 11.6. The summed E-state index contributed by atoms with van der Waals surface area (Å²) in [6.07, 6.45) is 0.359. The number of hydrogen-bond acceptors (Lipinski definition) is 8. The number of sulfonamides is 1. The molecule has 0 aromatic heterocycles. The second-order valence-corrected chi connectivity index (χ2v) is 9.08. The lowest BCUT2D eigenvalue weighted by molar-refractivity contribution is -0.147. The van der Waals surface area contributed by atoms with Crippen molar-refractivity contribution in [3.63, 3.8) is 0 Å². The Balaban J connectivity index is 1.68. The van der Waals surface area contributed by atoms with Crippen LogP contribution < -0.4 is 24.2 Å². The molecule has 1 atom stereocenters. The maximum atomic E-state index is 12.8. The Labute approximate surface area is 192 Å². The smallest absolute Gasteiger partial charge is 0.310 e. The van der Waals surface area contributed by atoms with Gasteiger partial charge in [0.15, 0.2) is 18.1 Å². The van der Waals surface area contributed by atoms with Crippen LogP contribution in [0, 0.1) is 0 Å². The number of rotatable bonds is 8. The number of primary sulfonamides is 1. The minimum atomic E-state index is -3.84. The van der Waals surface area contributed by atoms with E-state index in [0.29, 0.717) is 40.5 Å². The number of esters is 1. The molecule has 11 heteroatoms. The van der Waals surface area contributed by atoms with E-state index in [1.807, 2.05) is 6.92 Å². The van der Waals surface area contributed by atoms with Crippen molar-refractivity contribution in [2.45, 2.75) is 30.7 Å². The van der Waals surface area contributed by atoms with Crippen LogP contribution in [0.25, 0.3) is 0 Å². The van der Waals surface area contributed by atoms with Gasteiger partial charge >= 0.3 is 5.97 Å². The number of fused-ring (bicyclic) bond motifs is 1. The number of carbonyl (C=O) groups excluding carboxylic acids is 2. The van der Waals surface area contributed by atoms with Gasteiger partial charge in [0.1, 0.15) is 0 Å². The number of nitrogens with zero attached hydrogens (tertiary/aromatic N) is 1. The minimum Gasteiger partial charge on any atom is -0.493 e. The van der Waals surface area contributed by atoms with Crippen LogP contribution in [0.3, 0.4) is 0 Å². The third-order valence-corrected chi connectivity index (χ3v) is 6.20. The average molecular weight is 479 g/mol. The molecule has 2 aromatic rings. The molecule has 0 fully saturated rings. The van der Waals surface area contributed by atoms with Gasteiger partial charge in [-0.25, -0.2) is 13.6 Å². The average Bonchev–Trinajstić information content (AvgIpc) is 3.11. The van der Waals surface area contributed by atoms with E-state index in [9.17, 15) is 18.0 Å². The van der Waals surface area contributed by atoms with Gasteiger partial charge in [0.05, 0.1) is 32.6 Å². The van der Waals surface area contributed by atoms with E-state index in [2.05, 4.69) is 0 Å². The van der Waals surface area contributed by atoms with Gasteiger partial charge in [0.25, 0.3) is 5.91 Å². The number of methoxy groups -OCH3 is 3. The highest BCUT2D eigenvalue weighted by Gasteiger charge is 2.32. The zero-order valence-electron chi connectivity index (χ0n) is 18.8. The molecule has 0 aliphatic carbocycles. The van der Waals surface area contributed by atoms with Gasteiger partial charge in [0, 0.05) is 11.7 Å². The number of amides is 1. The molecule has 0 spiro atoms. The van der Waals surface area contributed by atoms with Crippen LogP contribution in [0.5, 0.6) is 17.2 Å². The molecule has 1 aliphatic rings. The van der Waals surface area contributed by atoms with E-state index in [1.54, 1.807) is 12.1 Å². The number of carbonyl (C=O) groups is 2.